The van der Waals surface area contributed by atoms with Gasteiger partial charge >= 0.3 is 12.4 Å². The first kappa shape index (κ1) is 26.0. The Hall–Kier alpha value is -2.59. The maximum absolute atomic E-state index is 13.1. The second-order valence-electron chi connectivity index (χ2n) is 8.29. The largest absolute Gasteiger partial charge is 0.416 e. The van der Waals surface area contributed by atoms with Crippen LogP contribution in [-0.4, -0.2) is 55.0 Å². The second kappa shape index (κ2) is 10.8. The summed E-state index contributed by atoms with van der Waals surface area (Å²) in [6.45, 7) is 6.54. The maximum atomic E-state index is 13.1. The quantitative estimate of drug-likeness (QED) is 0.572. The van der Waals surface area contributed by atoms with Gasteiger partial charge in [-0.2, -0.15) is 26.3 Å². The number of halogens is 6. The van der Waals surface area contributed by atoms with Crippen molar-refractivity contribution in [2.45, 2.75) is 31.7 Å². The van der Waals surface area contributed by atoms with Gasteiger partial charge in [0, 0.05) is 32.7 Å². The van der Waals surface area contributed by atoms with E-state index in [0.29, 0.717) is 12.1 Å². The van der Waals surface area contributed by atoms with Gasteiger partial charge in [0.25, 0.3) is 0 Å². The molecule has 2 aromatic rings. The predicted molar refractivity (Wildman–Crippen MR) is 116 cm³/mol. The number of hydrogen-bond acceptors (Lipinski definition) is 3. The van der Waals surface area contributed by atoms with Crippen LogP contribution in [0.25, 0.3) is 0 Å². The number of rotatable bonds is 7. The van der Waals surface area contributed by atoms with Crippen LogP contribution in [0.3, 0.4) is 0 Å². The van der Waals surface area contributed by atoms with Crippen LogP contribution in [-0.2, 0) is 23.6 Å². The number of nitrogens with zero attached hydrogens (tertiary/aromatic N) is 2. The van der Waals surface area contributed by atoms with Crippen molar-refractivity contribution in [2.24, 2.45) is 0 Å². The van der Waals surface area contributed by atoms with Crippen molar-refractivity contribution in [3.05, 3.63) is 70.8 Å². The predicted octanol–water partition coefficient (Wildman–Crippen LogP) is 4.76. The highest BCUT2D eigenvalue weighted by Gasteiger charge is 2.37. The lowest BCUT2D eigenvalue weighted by molar-refractivity contribution is -0.143. The van der Waals surface area contributed by atoms with Gasteiger partial charge in [-0.1, -0.05) is 37.3 Å². The molecule has 0 bridgehead atoms. The minimum atomic E-state index is -4.95. The third-order valence-corrected chi connectivity index (χ3v) is 5.98. The average Bonchev–Trinajstić information content (AvgIpc) is 2.79. The summed E-state index contributed by atoms with van der Waals surface area (Å²) in [5.41, 5.74) is -2.22. The fourth-order valence-corrected chi connectivity index (χ4v) is 4.10. The number of hydrogen-bond donors (Lipinski definition) is 1. The van der Waals surface area contributed by atoms with E-state index in [-0.39, 0.29) is 24.2 Å². The Morgan fingerprint density at radius 1 is 0.912 bits per heavy atom. The molecule has 34 heavy (non-hydrogen) atoms. The molecule has 0 radical (unpaired) electrons. The lowest BCUT2D eigenvalue weighted by atomic mass is 10.0. The van der Waals surface area contributed by atoms with E-state index in [1.54, 1.807) is 0 Å². The minimum Gasteiger partial charge on any atom is -0.354 e. The SMILES string of the molecule is CCN1CCN(C(CNC(=O)Cc2cc(C(F)(F)F)cc(C(F)(F)F)c2)c2ccccc2)CC1. The molecule has 186 valence electrons. The van der Waals surface area contributed by atoms with Crippen LogP contribution in [0.15, 0.2) is 48.5 Å². The van der Waals surface area contributed by atoms with Gasteiger partial charge in [0.1, 0.15) is 0 Å². The summed E-state index contributed by atoms with van der Waals surface area (Å²) in [6.07, 6.45) is -10.5. The highest BCUT2D eigenvalue weighted by Crippen LogP contribution is 2.36. The van der Waals surface area contributed by atoms with Crippen molar-refractivity contribution in [1.82, 2.24) is 15.1 Å². The van der Waals surface area contributed by atoms with Gasteiger partial charge in [0.05, 0.1) is 23.6 Å². The van der Waals surface area contributed by atoms with E-state index in [2.05, 4.69) is 22.0 Å². The smallest absolute Gasteiger partial charge is 0.354 e. The van der Waals surface area contributed by atoms with Gasteiger partial charge in [0.2, 0.25) is 5.91 Å². The summed E-state index contributed by atoms with van der Waals surface area (Å²) in [5, 5.41) is 2.71. The Labute approximate surface area is 194 Å². The molecule has 0 saturated carbocycles. The minimum absolute atomic E-state index is 0.0583. The van der Waals surface area contributed by atoms with Crippen LogP contribution in [0.4, 0.5) is 26.3 Å². The summed E-state index contributed by atoms with van der Waals surface area (Å²) < 4.78 is 78.6. The first-order valence-electron chi connectivity index (χ1n) is 11.0. The van der Waals surface area contributed by atoms with E-state index < -0.39 is 35.8 Å². The maximum Gasteiger partial charge on any atom is 0.416 e. The van der Waals surface area contributed by atoms with Crippen LogP contribution in [0.2, 0.25) is 0 Å². The summed E-state index contributed by atoms with van der Waals surface area (Å²) in [6, 6.07) is 10.6. The number of carbonyl (C=O) groups excluding carboxylic acids is 1. The molecule has 1 saturated heterocycles. The Balaban J connectivity index is 1.73. The zero-order valence-electron chi connectivity index (χ0n) is 18.7. The molecule has 10 heteroatoms. The molecule has 1 amide bonds. The molecule has 0 aliphatic carbocycles. The van der Waals surface area contributed by atoms with Gasteiger partial charge < -0.3 is 10.2 Å². The number of piperazine rings is 1. The van der Waals surface area contributed by atoms with E-state index in [9.17, 15) is 31.1 Å². The monoisotopic (exact) mass is 487 g/mol. The normalized spacial score (nSPS) is 16.9. The fraction of sp³-hybridized carbons (Fsp3) is 0.458. The zero-order chi connectivity index (χ0) is 24.9. The molecule has 1 fully saturated rings. The Morgan fingerprint density at radius 3 is 1.97 bits per heavy atom. The highest BCUT2D eigenvalue weighted by atomic mass is 19.4. The van der Waals surface area contributed by atoms with Crippen molar-refractivity contribution in [3.8, 4) is 0 Å². The van der Waals surface area contributed by atoms with Gasteiger partial charge in [0.15, 0.2) is 0 Å². The summed E-state index contributed by atoms with van der Waals surface area (Å²) in [7, 11) is 0. The third-order valence-electron chi connectivity index (χ3n) is 5.98. The Kier molecular flexibility index (Phi) is 8.25. The summed E-state index contributed by atoms with van der Waals surface area (Å²) >= 11 is 0. The lowest BCUT2D eigenvalue weighted by Gasteiger charge is -2.39. The number of likely N-dealkylation sites (N-methyl/N-ethyl adjacent to an activating group) is 1. The Bertz CT molecular complexity index is 921. The molecule has 4 nitrogen and oxygen atoms in total. The van der Waals surface area contributed by atoms with Crippen molar-refractivity contribution in [3.63, 3.8) is 0 Å². The lowest BCUT2D eigenvalue weighted by Crippen LogP contribution is -2.49. The van der Waals surface area contributed by atoms with Crippen LogP contribution in [0.5, 0.6) is 0 Å². The number of benzene rings is 2. The van der Waals surface area contributed by atoms with Gasteiger partial charge in [-0.05, 0) is 35.9 Å². The van der Waals surface area contributed by atoms with E-state index in [0.717, 1.165) is 38.3 Å². The van der Waals surface area contributed by atoms with Crippen LogP contribution >= 0.6 is 0 Å². The molecule has 3 rings (SSSR count). The number of alkyl halides is 6. The molecular weight excluding hydrogens is 460 g/mol. The summed E-state index contributed by atoms with van der Waals surface area (Å²) in [5.74, 6) is -0.638. The molecule has 1 aliphatic rings. The van der Waals surface area contributed by atoms with Crippen molar-refractivity contribution < 1.29 is 31.1 Å². The molecule has 0 aromatic heterocycles. The molecule has 1 N–H and O–H groups in total. The topological polar surface area (TPSA) is 35.6 Å². The number of amides is 1. The van der Waals surface area contributed by atoms with Gasteiger partial charge in [-0.25, -0.2) is 0 Å². The van der Waals surface area contributed by atoms with Gasteiger partial charge in [-0.15, -0.1) is 0 Å². The first-order chi connectivity index (χ1) is 16.0. The molecular formula is C24H27F6N3O. The van der Waals surface area contributed by atoms with Crippen LogP contribution in [0, 0.1) is 0 Å². The van der Waals surface area contributed by atoms with Crippen molar-refractivity contribution in [1.29, 1.82) is 0 Å². The number of carbonyl (C=O) groups is 1. The fourth-order valence-electron chi connectivity index (χ4n) is 4.10. The van der Waals surface area contributed by atoms with Gasteiger partial charge in [-0.3, -0.25) is 9.69 Å². The zero-order valence-corrected chi connectivity index (χ0v) is 18.7. The molecule has 1 unspecified atom stereocenters. The van der Waals surface area contributed by atoms with E-state index in [1.165, 1.54) is 0 Å². The van der Waals surface area contributed by atoms with E-state index in [4.69, 9.17) is 0 Å². The molecule has 0 spiro atoms. The Morgan fingerprint density at radius 2 is 1.47 bits per heavy atom. The highest BCUT2D eigenvalue weighted by molar-refractivity contribution is 5.78. The average molecular weight is 487 g/mol. The number of nitrogens with one attached hydrogen (secondary N) is 1. The first-order valence-corrected chi connectivity index (χ1v) is 11.0. The molecule has 2 aromatic carbocycles. The van der Waals surface area contributed by atoms with Crippen molar-refractivity contribution in [2.75, 3.05) is 39.3 Å². The van der Waals surface area contributed by atoms with E-state index in [1.807, 2.05) is 30.3 Å². The molecule has 1 heterocycles. The molecule has 1 aliphatic heterocycles. The summed E-state index contributed by atoms with van der Waals surface area (Å²) in [4.78, 5) is 17.1. The van der Waals surface area contributed by atoms with Crippen LogP contribution in [0.1, 0.15) is 35.2 Å². The van der Waals surface area contributed by atoms with E-state index >= 15 is 0 Å². The standard InChI is InChI=1S/C24H27F6N3O/c1-2-32-8-10-33(11-9-32)21(18-6-4-3-5-7-18)16-31-22(34)14-17-12-19(23(25,26)27)15-20(13-17)24(28,29)30/h3-7,12-13,15,21H,2,8-11,14,16H2,1H3,(H,31,34). The third kappa shape index (κ3) is 6.96. The second-order valence-corrected chi connectivity index (χ2v) is 8.29. The molecule has 1 atom stereocenters. The van der Waals surface area contributed by atoms with Crippen LogP contribution < -0.4 is 5.32 Å². The van der Waals surface area contributed by atoms with Crippen molar-refractivity contribution >= 4 is 5.91 Å².